The van der Waals surface area contributed by atoms with E-state index in [2.05, 4.69) is 20.2 Å². The van der Waals surface area contributed by atoms with Crippen LogP contribution in [0.4, 0.5) is 11.6 Å². The maximum Gasteiger partial charge on any atom is 0.229 e. The third kappa shape index (κ3) is 4.54. The van der Waals surface area contributed by atoms with Crippen LogP contribution in [-0.2, 0) is 4.79 Å². The number of nitrogens with zero attached hydrogens (tertiary/aromatic N) is 3. The fourth-order valence-corrected chi connectivity index (χ4v) is 3.88. The standard InChI is InChI=1S/C23H23ClN4O2/c1-30-21-10-9-19(12-20(21)24)27-22(29)17-8-5-11-28(15-17)23-25-13-18(14-26-23)16-6-3-2-4-7-16/h2-4,6-7,9-10,12-14,17H,5,8,11,15H2,1H3,(H,27,29)/t17-/m0/s1. The third-order valence-electron chi connectivity index (χ3n) is 5.24. The second kappa shape index (κ2) is 9.13. The van der Waals surface area contributed by atoms with Crippen LogP contribution in [0.15, 0.2) is 60.9 Å². The molecule has 0 radical (unpaired) electrons. The van der Waals surface area contributed by atoms with Crippen LogP contribution in [0.25, 0.3) is 11.1 Å². The van der Waals surface area contributed by atoms with E-state index in [0.29, 0.717) is 29.0 Å². The van der Waals surface area contributed by atoms with E-state index >= 15 is 0 Å². The van der Waals surface area contributed by atoms with Crippen molar-refractivity contribution < 1.29 is 9.53 Å². The van der Waals surface area contributed by atoms with E-state index in [0.717, 1.165) is 30.5 Å². The number of piperidine rings is 1. The van der Waals surface area contributed by atoms with Crippen molar-refractivity contribution in [1.82, 2.24) is 9.97 Å². The first-order valence-corrected chi connectivity index (χ1v) is 10.3. The minimum Gasteiger partial charge on any atom is -0.495 e. The Morgan fingerprint density at radius 3 is 2.60 bits per heavy atom. The molecule has 30 heavy (non-hydrogen) atoms. The molecule has 154 valence electrons. The summed E-state index contributed by atoms with van der Waals surface area (Å²) < 4.78 is 5.16. The number of methoxy groups -OCH3 is 1. The topological polar surface area (TPSA) is 67.3 Å². The largest absolute Gasteiger partial charge is 0.495 e. The van der Waals surface area contributed by atoms with Crippen LogP contribution in [0.5, 0.6) is 5.75 Å². The van der Waals surface area contributed by atoms with Crippen molar-refractivity contribution >= 4 is 29.1 Å². The zero-order chi connectivity index (χ0) is 20.9. The normalized spacial score (nSPS) is 16.2. The zero-order valence-corrected chi connectivity index (χ0v) is 17.5. The molecular weight excluding hydrogens is 400 g/mol. The van der Waals surface area contributed by atoms with E-state index in [-0.39, 0.29) is 11.8 Å². The fraction of sp³-hybridized carbons (Fsp3) is 0.261. The van der Waals surface area contributed by atoms with E-state index in [1.54, 1.807) is 25.3 Å². The molecule has 6 nitrogen and oxygen atoms in total. The molecule has 7 heteroatoms. The molecule has 2 heterocycles. The Balaban J connectivity index is 1.41. The number of aromatic nitrogens is 2. The molecule has 0 spiro atoms. The Kier molecular flexibility index (Phi) is 6.14. The Hall–Kier alpha value is -3.12. The van der Waals surface area contributed by atoms with Gasteiger partial charge in [0.2, 0.25) is 11.9 Å². The highest BCUT2D eigenvalue weighted by Gasteiger charge is 2.27. The lowest BCUT2D eigenvalue weighted by atomic mass is 9.97. The van der Waals surface area contributed by atoms with Gasteiger partial charge in [-0.05, 0) is 36.6 Å². The van der Waals surface area contributed by atoms with Gasteiger partial charge in [-0.1, -0.05) is 41.9 Å². The molecule has 4 rings (SSSR count). The first-order chi connectivity index (χ1) is 14.6. The number of carbonyl (C=O) groups excluding carboxylic acids is 1. The monoisotopic (exact) mass is 422 g/mol. The summed E-state index contributed by atoms with van der Waals surface area (Å²) in [6.45, 7) is 1.42. The van der Waals surface area contributed by atoms with Crippen LogP contribution in [0, 0.1) is 5.92 Å². The number of halogens is 1. The third-order valence-corrected chi connectivity index (χ3v) is 5.54. The van der Waals surface area contributed by atoms with Crippen LogP contribution < -0.4 is 15.0 Å². The molecule has 0 unspecified atom stereocenters. The van der Waals surface area contributed by atoms with Gasteiger partial charge in [0.1, 0.15) is 5.75 Å². The van der Waals surface area contributed by atoms with Crippen molar-refractivity contribution in [2.24, 2.45) is 5.92 Å². The molecule has 1 atom stereocenters. The van der Waals surface area contributed by atoms with Crippen molar-refractivity contribution in [3.63, 3.8) is 0 Å². The number of ether oxygens (including phenoxy) is 1. The zero-order valence-electron chi connectivity index (χ0n) is 16.7. The average Bonchev–Trinajstić information content (AvgIpc) is 2.80. The van der Waals surface area contributed by atoms with Crippen molar-refractivity contribution in [2.45, 2.75) is 12.8 Å². The number of benzene rings is 2. The van der Waals surface area contributed by atoms with Gasteiger partial charge in [-0.3, -0.25) is 4.79 Å². The molecule has 1 saturated heterocycles. The predicted octanol–water partition coefficient (Wildman–Crippen LogP) is 4.66. The highest BCUT2D eigenvalue weighted by Crippen LogP contribution is 2.28. The van der Waals surface area contributed by atoms with Crippen LogP contribution in [0.1, 0.15) is 12.8 Å². The lowest BCUT2D eigenvalue weighted by Gasteiger charge is -2.32. The summed E-state index contributed by atoms with van der Waals surface area (Å²) in [6, 6.07) is 15.3. The van der Waals surface area contributed by atoms with Gasteiger partial charge in [0, 0.05) is 36.7 Å². The van der Waals surface area contributed by atoms with E-state index in [1.807, 2.05) is 42.7 Å². The first-order valence-electron chi connectivity index (χ1n) is 9.91. The number of amides is 1. The molecule has 0 bridgehead atoms. The first kappa shape index (κ1) is 20.2. The Morgan fingerprint density at radius 1 is 1.13 bits per heavy atom. The number of nitrogens with one attached hydrogen (secondary N) is 1. The second-order valence-electron chi connectivity index (χ2n) is 7.26. The van der Waals surface area contributed by atoms with Crippen molar-refractivity contribution in [2.75, 3.05) is 30.4 Å². The SMILES string of the molecule is COc1ccc(NC(=O)[C@H]2CCCN(c3ncc(-c4ccccc4)cn3)C2)cc1Cl. The Morgan fingerprint density at radius 2 is 1.90 bits per heavy atom. The van der Waals surface area contributed by atoms with E-state index in [4.69, 9.17) is 16.3 Å². The van der Waals surface area contributed by atoms with Gasteiger partial charge in [0.15, 0.2) is 0 Å². The summed E-state index contributed by atoms with van der Waals surface area (Å²) in [6.07, 6.45) is 5.40. The summed E-state index contributed by atoms with van der Waals surface area (Å²) in [5.41, 5.74) is 2.71. The molecule has 1 aromatic heterocycles. The van der Waals surface area contributed by atoms with E-state index in [1.165, 1.54) is 0 Å². The Bertz CT molecular complexity index is 1010. The van der Waals surface area contributed by atoms with Crippen LogP contribution in [0.2, 0.25) is 5.02 Å². The quantitative estimate of drug-likeness (QED) is 0.647. The van der Waals surface area contributed by atoms with Gasteiger partial charge in [0.05, 0.1) is 18.1 Å². The maximum atomic E-state index is 12.8. The summed E-state index contributed by atoms with van der Waals surface area (Å²) in [5, 5.41) is 3.43. The molecule has 0 saturated carbocycles. The van der Waals surface area contributed by atoms with Gasteiger partial charge >= 0.3 is 0 Å². The molecule has 1 fully saturated rings. The summed E-state index contributed by atoms with van der Waals surface area (Å²) >= 11 is 6.16. The highest BCUT2D eigenvalue weighted by molar-refractivity contribution is 6.32. The summed E-state index contributed by atoms with van der Waals surface area (Å²) in [4.78, 5) is 23.9. The fourth-order valence-electron chi connectivity index (χ4n) is 3.63. The average molecular weight is 423 g/mol. The lowest BCUT2D eigenvalue weighted by molar-refractivity contribution is -0.120. The van der Waals surface area contributed by atoms with Crippen molar-refractivity contribution in [3.8, 4) is 16.9 Å². The molecule has 0 aliphatic carbocycles. The van der Waals surface area contributed by atoms with Crippen molar-refractivity contribution in [3.05, 3.63) is 65.9 Å². The van der Waals surface area contributed by atoms with Crippen LogP contribution >= 0.6 is 11.6 Å². The molecule has 1 N–H and O–H groups in total. The number of rotatable bonds is 5. The van der Waals surface area contributed by atoms with Crippen molar-refractivity contribution in [1.29, 1.82) is 0 Å². The molecule has 3 aromatic rings. The second-order valence-corrected chi connectivity index (χ2v) is 7.67. The molecular formula is C23H23ClN4O2. The predicted molar refractivity (Wildman–Crippen MR) is 119 cm³/mol. The number of hydrogen-bond acceptors (Lipinski definition) is 5. The van der Waals surface area contributed by atoms with Gasteiger partial charge in [0.25, 0.3) is 0 Å². The molecule has 1 amide bonds. The number of anilines is 2. The van der Waals surface area contributed by atoms with E-state index < -0.39 is 0 Å². The number of hydrogen-bond donors (Lipinski definition) is 1. The van der Waals surface area contributed by atoms with Gasteiger partial charge in [-0.25, -0.2) is 9.97 Å². The molecule has 2 aromatic carbocycles. The Labute approximate surface area is 180 Å². The lowest BCUT2D eigenvalue weighted by Crippen LogP contribution is -2.41. The molecule has 1 aliphatic rings. The minimum absolute atomic E-state index is 0.0261. The highest BCUT2D eigenvalue weighted by atomic mass is 35.5. The maximum absolute atomic E-state index is 12.8. The minimum atomic E-state index is -0.142. The van der Waals surface area contributed by atoms with Crippen LogP contribution in [-0.4, -0.2) is 36.1 Å². The van der Waals surface area contributed by atoms with Gasteiger partial charge < -0.3 is 15.0 Å². The van der Waals surface area contributed by atoms with E-state index in [9.17, 15) is 4.79 Å². The van der Waals surface area contributed by atoms with Gasteiger partial charge in [-0.15, -0.1) is 0 Å². The van der Waals surface area contributed by atoms with Crippen LogP contribution in [0.3, 0.4) is 0 Å². The molecule has 1 aliphatic heterocycles. The summed E-state index contributed by atoms with van der Waals surface area (Å²) in [7, 11) is 1.56. The number of carbonyl (C=O) groups is 1. The smallest absolute Gasteiger partial charge is 0.229 e. The summed E-state index contributed by atoms with van der Waals surface area (Å²) in [5.74, 6) is 1.06. The van der Waals surface area contributed by atoms with Gasteiger partial charge in [-0.2, -0.15) is 0 Å².